The number of halogens is 3. The number of alkyl halides is 3. The van der Waals surface area contributed by atoms with Crippen molar-refractivity contribution in [2.24, 2.45) is 4.36 Å². The van der Waals surface area contributed by atoms with Gasteiger partial charge in [-0.25, -0.2) is 22.6 Å². The van der Waals surface area contributed by atoms with E-state index in [4.69, 9.17) is 0 Å². The summed E-state index contributed by atoms with van der Waals surface area (Å²) in [6.45, 7) is 1.47. The molecule has 12 heteroatoms. The molecule has 0 radical (unpaired) electrons. The number of hydrogen-bond acceptors (Lipinski definition) is 6. The van der Waals surface area contributed by atoms with E-state index in [1.165, 1.54) is 48.2 Å². The highest BCUT2D eigenvalue weighted by molar-refractivity contribution is 7.92. The molecular formula is C17H17F3N4O3S2. The van der Waals surface area contributed by atoms with Crippen molar-refractivity contribution in [2.45, 2.75) is 18.0 Å². The van der Waals surface area contributed by atoms with Crippen LogP contribution in [0.2, 0.25) is 0 Å². The molecule has 0 unspecified atom stereocenters. The second-order valence-corrected chi connectivity index (χ2v) is 11.3. The molecule has 0 saturated carbocycles. The smallest absolute Gasteiger partial charge is 0.290 e. The maximum Gasteiger partial charge on any atom is 0.433 e. The summed E-state index contributed by atoms with van der Waals surface area (Å²) >= 11 is 0. The lowest BCUT2D eigenvalue weighted by molar-refractivity contribution is -0.141. The summed E-state index contributed by atoms with van der Waals surface area (Å²) in [5, 5.41) is 0. The van der Waals surface area contributed by atoms with Gasteiger partial charge in [0.25, 0.3) is 0 Å². The lowest BCUT2D eigenvalue weighted by Gasteiger charge is -2.09. The van der Waals surface area contributed by atoms with E-state index >= 15 is 0 Å². The molecule has 2 aromatic heterocycles. The number of hydrogen-bond donors (Lipinski definition) is 0. The molecule has 7 nitrogen and oxygen atoms in total. The van der Waals surface area contributed by atoms with Crippen molar-refractivity contribution in [1.82, 2.24) is 14.4 Å². The Hall–Kier alpha value is -2.47. The predicted molar refractivity (Wildman–Crippen MR) is 103 cm³/mol. The largest absolute Gasteiger partial charge is 0.433 e. The Morgan fingerprint density at radius 1 is 1.14 bits per heavy atom. The molecule has 29 heavy (non-hydrogen) atoms. The number of fused-ring (bicyclic) bond motifs is 1. The van der Waals surface area contributed by atoms with Crippen molar-refractivity contribution in [3.8, 4) is 11.3 Å². The van der Waals surface area contributed by atoms with Crippen molar-refractivity contribution in [2.75, 3.05) is 18.3 Å². The average molecular weight is 446 g/mol. The molecule has 0 bridgehead atoms. The van der Waals surface area contributed by atoms with E-state index in [0.717, 1.165) is 12.4 Å². The van der Waals surface area contributed by atoms with Crippen molar-refractivity contribution in [3.63, 3.8) is 0 Å². The first-order valence-electron chi connectivity index (χ1n) is 8.26. The number of aromatic nitrogens is 3. The first-order valence-corrected chi connectivity index (χ1v) is 12.2. The Kier molecular flexibility index (Phi) is 5.20. The maximum absolute atomic E-state index is 12.9. The van der Waals surface area contributed by atoms with Crippen LogP contribution in [0.1, 0.15) is 12.6 Å². The van der Waals surface area contributed by atoms with Gasteiger partial charge in [0.15, 0.2) is 9.84 Å². The predicted octanol–water partition coefficient (Wildman–Crippen LogP) is 3.57. The first kappa shape index (κ1) is 21.2. The van der Waals surface area contributed by atoms with E-state index in [0.29, 0.717) is 0 Å². The fourth-order valence-corrected chi connectivity index (χ4v) is 4.36. The van der Waals surface area contributed by atoms with Gasteiger partial charge in [-0.3, -0.25) is 4.40 Å². The molecule has 0 saturated heterocycles. The van der Waals surface area contributed by atoms with Gasteiger partial charge >= 0.3 is 6.18 Å². The lowest BCUT2D eigenvalue weighted by Crippen LogP contribution is -2.08. The Balaban J connectivity index is 2.23. The Bertz CT molecular complexity index is 1310. The molecule has 0 fully saturated rings. The first-order chi connectivity index (χ1) is 13.3. The van der Waals surface area contributed by atoms with Crippen LogP contribution in [0.25, 0.3) is 16.9 Å². The van der Waals surface area contributed by atoms with Gasteiger partial charge in [-0.1, -0.05) is 6.92 Å². The van der Waals surface area contributed by atoms with Crippen LogP contribution >= 0.6 is 0 Å². The van der Waals surface area contributed by atoms with E-state index < -0.39 is 31.4 Å². The zero-order valence-electron chi connectivity index (χ0n) is 15.6. The number of imidazole rings is 1. The minimum Gasteiger partial charge on any atom is -0.290 e. The minimum absolute atomic E-state index is 0.0268. The van der Waals surface area contributed by atoms with Gasteiger partial charge in [0.05, 0.1) is 22.0 Å². The number of rotatable bonds is 4. The zero-order chi connectivity index (χ0) is 21.6. The van der Waals surface area contributed by atoms with Crippen molar-refractivity contribution >= 4 is 30.9 Å². The average Bonchev–Trinajstić information content (AvgIpc) is 3.02. The van der Waals surface area contributed by atoms with Gasteiger partial charge in [-0.05, 0) is 18.2 Å². The molecule has 0 aliphatic rings. The molecular weight excluding hydrogens is 429 g/mol. The van der Waals surface area contributed by atoms with Crippen molar-refractivity contribution in [1.29, 1.82) is 0 Å². The van der Waals surface area contributed by atoms with Gasteiger partial charge < -0.3 is 0 Å². The molecule has 0 aliphatic carbocycles. The van der Waals surface area contributed by atoms with Gasteiger partial charge in [0.1, 0.15) is 17.7 Å². The van der Waals surface area contributed by atoms with Gasteiger partial charge in [-0.2, -0.15) is 17.5 Å². The molecule has 1 aromatic carbocycles. The third kappa shape index (κ3) is 4.58. The summed E-state index contributed by atoms with van der Waals surface area (Å²) in [5.74, 6) is -0.204. The van der Waals surface area contributed by atoms with Crippen LogP contribution in [0.15, 0.2) is 46.0 Å². The van der Waals surface area contributed by atoms with E-state index in [1.54, 1.807) is 0 Å². The highest BCUT2D eigenvalue weighted by atomic mass is 32.2. The molecule has 2 heterocycles. The summed E-state index contributed by atoms with van der Waals surface area (Å²) in [6, 6.07) is 5.02. The zero-order valence-corrected chi connectivity index (χ0v) is 17.3. The quantitative estimate of drug-likeness (QED) is 0.611. The normalized spacial score (nSPS) is 13.0. The number of sulfone groups is 1. The second kappa shape index (κ2) is 7.10. The van der Waals surface area contributed by atoms with E-state index in [9.17, 15) is 25.8 Å². The molecule has 3 rings (SSSR count). The lowest BCUT2D eigenvalue weighted by atomic mass is 10.1. The van der Waals surface area contributed by atoms with Gasteiger partial charge in [-0.15, -0.1) is 0 Å². The van der Waals surface area contributed by atoms with Gasteiger partial charge in [0, 0.05) is 40.1 Å². The molecule has 0 N–H and O–H groups in total. The molecule has 0 amide bonds. The van der Waals surface area contributed by atoms with Crippen LogP contribution in [0.3, 0.4) is 0 Å². The number of nitrogens with zero attached hydrogens (tertiary/aromatic N) is 4. The maximum atomic E-state index is 12.9. The Morgan fingerprint density at radius 2 is 1.83 bits per heavy atom. The SMILES string of the molecule is CCS(=O)(=O)c1cc(N=S(C)(C)=O)ccc1-c1cn2cnc(C(F)(F)F)cc2n1. The molecule has 3 aromatic rings. The van der Waals surface area contributed by atoms with Crippen LogP contribution < -0.4 is 0 Å². The van der Waals surface area contributed by atoms with Crippen LogP contribution in [-0.2, 0) is 25.7 Å². The Morgan fingerprint density at radius 3 is 2.41 bits per heavy atom. The highest BCUT2D eigenvalue weighted by Crippen LogP contribution is 2.33. The third-order valence-corrected chi connectivity index (χ3v) is 6.34. The summed E-state index contributed by atoms with van der Waals surface area (Å²) < 4.78 is 81.1. The van der Waals surface area contributed by atoms with Crippen molar-refractivity contribution < 1.29 is 25.8 Å². The van der Waals surface area contributed by atoms with E-state index in [1.807, 2.05) is 0 Å². The molecule has 156 valence electrons. The van der Waals surface area contributed by atoms with E-state index in [-0.39, 0.29) is 33.2 Å². The fraction of sp³-hybridized carbons (Fsp3) is 0.294. The van der Waals surface area contributed by atoms with Crippen LogP contribution in [0.4, 0.5) is 18.9 Å². The Labute approximate surface area is 165 Å². The molecule has 0 spiro atoms. The highest BCUT2D eigenvalue weighted by Gasteiger charge is 2.33. The summed E-state index contributed by atoms with van der Waals surface area (Å²) in [4.78, 5) is 7.42. The van der Waals surface area contributed by atoms with Crippen LogP contribution in [-0.4, -0.2) is 45.3 Å². The summed E-state index contributed by atoms with van der Waals surface area (Å²) in [5.41, 5.74) is -0.528. The fourth-order valence-electron chi connectivity index (χ4n) is 2.62. The van der Waals surface area contributed by atoms with E-state index in [2.05, 4.69) is 14.3 Å². The van der Waals surface area contributed by atoms with Crippen LogP contribution in [0, 0.1) is 0 Å². The molecule has 0 aliphatic heterocycles. The van der Waals surface area contributed by atoms with Crippen LogP contribution in [0.5, 0.6) is 0 Å². The molecule has 0 atom stereocenters. The standard InChI is InChI=1S/C17H17F3N4O3S2/c1-4-29(26,27)14-7-11(23-28(2,3)25)5-6-12(14)13-9-24-10-21-15(17(18,19)20)8-16(24)22-13/h5-10H,4H2,1-3H3. The monoisotopic (exact) mass is 446 g/mol. The topological polar surface area (TPSA) is 93.8 Å². The third-order valence-electron chi connectivity index (χ3n) is 3.92. The van der Waals surface area contributed by atoms with Gasteiger partial charge in [0.2, 0.25) is 0 Å². The second-order valence-electron chi connectivity index (χ2n) is 6.52. The number of benzene rings is 1. The summed E-state index contributed by atoms with van der Waals surface area (Å²) in [6.07, 6.45) is 0.577. The minimum atomic E-state index is -4.62. The van der Waals surface area contributed by atoms with Crippen molar-refractivity contribution in [3.05, 3.63) is 42.5 Å². The summed E-state index contributed by atoms with van der Waals surface area (Å²) in [7, 11) is -6.24.